The van der Waals surface area contributed by atoms with E-state index in [0.717, 1.165) is 49.0 Å². The van der Waals surface area contributed by atoms with Gasteiger partial charge in [0.2, 0.25) is 11.8 Å². The normalized spacial score (nSPS) is 24.9. The molecule has 0 aromatic heterocycles. The van der Waals surface area contributed by atoms with E-state index in [1.54, 1.807) is 0 Å². The number of hydrazine groups is 1. The number of aryl methyl sites for hydroxylation is 1. The van der Waals surface area contributed by atoms with E-state index in [0.29, 0.717) is 5.69 Å². The Bertz CT molecular complexity index is 950. The van der Waals surface area contributed by atoms with Crippen LogP contribution in [-0.4, -0.2) is 22.5 Å². The molecule has 0 radical (unpaired) electrons. The van der Waals surface area contributed by atoms with E-state index >= 15 is 0 Å². The fourth-order valence-corrected chi connectivity index (χ4v) is 4.86. The van der Waals surface area contributed by atoms with Gasteiger partial charge in [-0.2, -0.15) is 5.01 Å². The third kappa shape index (κ3) is 2.99. The van der Waals surface area contributed by atoms with E-state index < -0.39 is 11.6 Å². The molecule has 0 bridgehead atoms. The first kappa shape index (κ1) is 18.2. The van der Waals surface area contributed by atoms with Crippen molar-refractivity contribution in [1.29, 1.82) is 0 Å². The summed E-state index contributed by atoms with van der Waals surface area (Å²) in [5.41, 5.74) is 5.10. The van der Waals surface area contributed by atoms with Crippen LogP contribution in [0, 0.1) is 12.8 Å². The average molecular weight is 391 g/mol. The number of ether oxygens (including phenoxy) is 1. The standard InChI is InChI=1S/C23H25N3O3/c1-15-9-11-16(12-10-15)24-21(27)19-20-17-7-3-4-8-18(17)29-23(13-5-2-6-14-23)26(20)25-22(19)28/h3-4,7-12,19-20H,2,5-6,13-14H2,1H3,(H,24,27)(H,25,28). The summed E-state index contributed by atoms with van der Waals surface area (Å²) in [7, 11) is 0. The molecule has 6 nitrogen and oxygen atoms in total. The van der Waals surface area contributed by atoms with Crippen molar-refractivity contribution >= 4 is 17.5 Å². The van der Waals surface area contributed by atoms with Gasteiger partial charge in [0, 0.05) is 24.1 Å². The second kappa shape index (κ2) is 6.88. The summed E-state index contributed by atoms with van der Waals surface area (Å²) < 4.78 is 6.46. The molecule has 5 rings (SSSR count). The van der Waals surface area contributed by atoms with Gasteiger partial charge in [-0.15, -0.1) is 0 Å². The lowest BCUT2D eigenvalue weighted by Gasteiger charge is -2.50. The Hall–Kier alpha value is -2.86. The zero-order valence-electron chi connectivity index (χ0n) is 16.5. The first-order valence-corrected chi connectivity index (χ1v) is 10.3. The molecule has 2 aromatic rings. The number of para-hydroxylation sites is 1. The Morgan fingerprint density at radius 2 is 1.83 bits per heavy atom. The molecule has 1 spiro atoms. The van der Waals surface area contributed by atoms with Gasteiger partial charge in [0.25, 0.3) is 0 Å². The molecule has 2 atom stereocenters. The van der Waals surface area contributed by atoms with Crippen LogP contribution in [0.15, 0.2) is 48.5 Å². The molecule has 3 aliphatic rings. The van der Waals surface area contributed by atoms with Gasteiger partial charge in [0.15, 0.2) is 5.72 Å². The molecule has 2 heterocycles. The van der Waals surface area contributed by atoms with E-state index in [-0.39, 0.29) is 17.9 Å². The molecule has 150 valence electrons. The molecular weight excluding hydrogens is 366 g/mol. The van der Waals surface area contributed by atoms with E-state index in [4.69, 9.17) is 4.74 Å². The molecule has 2 aromatic carbocycles. The maximum absolute atomic E-state index is 13.2. The molecular formula is C23H25N3O3. The van der Waals surface area contributed by atoms with E-state index in [2.05, 4.69) is 10.7 Å². The fourth-order valence-electron chi connectivity index (χ4n) is 4.86. The SMILES string of the molecule is Cc1ccc(NC(=O)C2C(=O)NN3C2c2ccccc2OC32CCCCC2)cc1. The van der Waals surface area contributed by atoms with Crippen LogP contribution in [0.3, 0.4) is 0 Å². The van der Waals surface area contributed by atoms with Gasteiger partial charge in [0.05, 0.1) is 6.04 Å². The van der Waals surface area contributed by atoms with Crippen molar-refractivity contribution in [2.24, 2.45) is 5.92 Å². The summed E-state index contributed by atoms with van der Waals surface area (Å²) >= 11 is 0. The number of anilines is 1. The summed E-state index contributed by atoms with van der Waals surface area (Å²) in [5.74, 6) is -0.619. The second-order valence-corrected chi connectivity index (χ2v) is 8.27. The molecule has 29 heavy (non-hydrogen) atoms. The first-order chi connectivity index (χ1) is 14.1. The summed E-state index contributed by atoms with van der Waals surface area (Å²) in [5, 5.41) is 4.86. The maximum Gasteiger partial charge on any atom is 0.249 e. The minimum atomic E-state index is -0.833. The van der Waals surface area contributed by atoms with Gasteiger partial charge in [0.1, 0.15) is 11.7 Å². The van der Waals surface area contributed by atoms with Gasteiger partial charge >= 0.3 is 0 Å². The molecule has 2 amide bonds. The highest BCUT2D eigenvalue weighted by atomic mass is 16.5. The summed E-state index contributed by atoms with van der Waals surface area (Å²) in [6, 6.07) is 15.0. The van der Waals surface area contributed by atoms with Crippen molar-refractivity contribution in [3.63, 3.8) is 0 Å². The predicted molar refractivity (Wildman–Crippen MR) is 109 cm³/mol. The monoisotopic (exact) mass is 391 g/mol. The number of carbonyl (C=O) groups is 2. The van der Waals surface area contributed by atoms with Gasteiger partial charge < -0.3 is 10.1 Å². The predicted octanol–water partition coefficient (Wildman–Crippen LogP) is 3.69. The number of nitrogens with zero attached hydrogens (tertiary/aromatic N) is 1. The summed E-state index contributed by atoms with van der Waals surface area (Å²) in [6.45, 7) is 2.00. The topological polar surface area (TPSA) is 70.7 Å². The van der Waals surface area contributed by atoms with Crippen molar-refractivity contribution in [3.8, 4) is 5.75 Å². The van der Waals surface area contributed by atoms with Gasteiger partial charge in [-0.3, -0.25) is 15.0 Å². The first-order valence-electron chi connectivity index (χ1n) is 10.3. The van der Waals surface area contributed by atoms with E-state index in [9.17, 15) is 9.59 Å². The van der Waals surface area contributed by atoms with Crippen LogP contribution in [-0.2, 0) is 9.59 Å². The maximum atomic E-state index is 13.2. The minimum Gasteiger partial charge on any atom is -0.471 e. The molecule has 2 unspecified atom stereocenters. The number of nitrogens with one attached hydrogen (secondary N) is 2. The highest BCUT2D eigenvalue weighted by Crippen LogP contribution is 2.50. The third-order valence-electron chi connectivity index (χ3n) is 6.32. The van der Waals surface area contributed by atoms with Crippen molar-refractivity contribution in [3.05, 3.63) is 59.7 Å². The number of rotatable bonds is 2. The Labute approximate surface area is 170 Å². The molecule has 2 N–H and O–H groups in total. The van der Waals surface area contributed by atoms with Crippen molar-refractivity contribution in [2.75, 3.05) is 5.32 Å². The number of benzene rings is 2. The highest BCUT2D eigenvalue weighted by molar-refractivity contribution is 6.08. The van der Waals surface area contributed by atoms with E-state index in [1.165, 1.54) is 0 Å². The number of hydrogen-bond acceptors (Lipinski definition) is 4. The molecule has 1 saturated carbocycles. The average Bonchev–Trinajstić information content (AvgIpc) is 3.09. The lowest BCUT2D eigenvalue weighted by molar-refractivity contribution is -0.163. The van der Waals surface area contributed by atoms with Crippen molar-refractivity contribution in [2.45, 2.75) is 50.8 Å². The third-order valence-corrected chi connectivity index (χ3v) is 6.32. The molecule has 6 heteroatoms. The molecule has 1 saturated heterocycles. The van der Waals surface area contributed by atoms with Crippen molar-refractivity contribution in [1.82, 2.24) is 10.4 Å². The van der Waals surface area contributed by atoms with Crippen LogP contribution >= 0.6 is 0 Å². The van der Waals surface area contributed by atoms with Crippen LogP contribution in [0.4, 0.5) is 5.69 Å². The number of hydrogen-bond donors (Lipinski definition) is 2. The smallest absolute Gasteiger partial charge is 0.249 e. The Balaban J connectivity index is 1.52. The number of amides is 2. The lowest BCUT2D eigenvalue weighted by Crippen LogP contribution is -2.60. The van der Waals surface area contributed by atoms with Crippen LogP contribution in [0.1, 0.15) is 49.3 Å². The van der Waals surface area contributed by atoms with Crippen LogP contribution in [0.5, 0.6) is 5.75 Å². The van der Waals surface area contributed by atoms with Crippen LogP contribution in [0.25, 0.3) is 0 Å². The lowest BCUT2D eigenvalue weighted by atomic mass is 9.84. The quantitative estimate of drug-likeness (QED) is 0.766. The molecule has 1 aliphatic carbocycles. The fraction of sp³-hybridized carbons (Fsp3) is 0.391. The minimum absolute atomic E-state index is 0.273. The summed E-state index contributed by atoms with van der Waals surface area (Å²) in [6.07, 6.45) is 4.92. The highest BCUT2D eigenvalue weighted by Gasteiger charge is 2.58. The van der Waals surface area contributed by atoms with Gasteiger partial charge in [-0.25, -0.2) is 0 Å². The second-order valence-electron chi connectivity index (χ2n) is 8.27. The number of fused-ring (bicyclic) bond motifs is 4. The Morgan fingerprint density at radius 3 is 2.59 bits per heavy atom. The zero-order valence-corrected chi connectivity index (χ0v) is 16.5. The summed E-state index contributed by atoms with van der Waals surface area (Å²) in [4.78, 5) is 26.2. The molecule has 2 aliphatic heterocycles. The van der Waals surface area contributed by atoms with Crippen LogP contribution < -0.4 is 15.5 Å². The Morgan fingerprint density at radius 1 is 1.10 bits per heavy atom. The van der Waals surface area contributed by atoms with E-state index in [1.807, 2.05) is 60.5 Å². The Kier molecular flexibility index (Phi) is 4.32. The van der Waals surface area contributed by atoms with Crippen molar-refractivity contribution < 1.29 is 14.3 Å². The van der Waals surface area contributed by atoms with Gasteiger partial charge in [-0.05, 0) is 38.0 Å². The van der Waals surface area contributed by atoms with Crippen LogP contribution in [0.2, 0.25) is 0 Å². The number of carbonyl (C=O) groups excluding carboxylic acids is 2. The van der Waals surface area contributed by atoms with Gasteiger partial charge in [-0.1, -0.05) is 42.3 Å². The molecule has 2 fully saturated rings. The largest absolute Gasteiger partial charge is 0.471 e. The zero-order chi connectivity index (χ0) is 20.0.